The van der Waals surface area contributed by atoms with Gasteiger partial charge in [-0.1, -0.05) is 0 Å². The summed E-state index contributed by atoms with van der Waals surface area (Å²) in [7, 11) is 1.30. The number of methoxy groups -OCH3 is 1. The molecule has 120 valence electrons. The second kappa shape index (κ2) is 4.35. The maximum Gasteiger partial charge on any atom is 0.305 e. The van der Waals surface area contributed by atoms with E-state index in [-0.39, 0.29) is 12.8 Å². The fourth-order valence-electron chi connectivity index (χ4n) is 4.15. The lowest BCUT2D eigenvalue weighted by Crippen LogP contribution is -2.94. The molecule has 0 spiro atoms. The number of rotatable bonds is 3. The molecule has 9 heteroatoms. The van der Waals surface area contributed by atoms with Crippen LogP contribution in [0.4, 0.5) is 0 Å². The monoisotopic (exact) mass is 302 g/mol. The van der Waals surface area contributed by atoms with Gasteiger partial charge in [-0.2, -0.15) is 0 Å². The fraction of sp³-hybridized carbons (Fsp3) is 0.917. The van der Waals surface area contributed by atoms with E-state index in [9.17, 15) is 20.4 Å². The second-order valence-corrected chi connectivity index (χ2v) is 6.57. The number of carbonyl (C=O) groups is 1. The van der Waals surface area contributed by atoms with Gasteiger partial charge in [0, 0.05) is 26.1 Å². The largest absolute Gasteiger partial charge is 0.469 e. The summed E-state index contributed by atoms with van der Waals surface area (Å²) in [5.41, 5.74) is -3.23. The molecule has 0 radical (unpaired) electrons. The number of nitrogens with zero attached hydrogens (tertiary/aromatic N) is 4. The maximum atomic E-state index is 11.4. The van der Waals surface area contributed by atoms with Gasteiger partial charge in [0.1, 0.15) is 17.0 Å². The van der Waals surface area contributed by atoms with Crippen LogP contribution >= 0.6 is 0 Å². The summed E-state index contributed by atoms with van der Waals surface area (Å²) in [5.74, 6) is -0.404. The summed E-state index contributed by atoms with van der Waals surface area (Å²) in [5, 5.41) is 34.6. The first kappa shape index (κ1) is 15.1. The van der Waals surface area contributed by atoms with Gasteiger partial charge in [0.2, 0.25) is 0 Å². The molecule has 0 aromatic carbocycles. The molecule has 0 amide bonds. The Morgan fingerprint density at radius 3 is 2.05 bits per heavy atom. The van der Waals surface area contributed by atoms with Crippen LogP contribution in [0.2, 0.25) is 0 Å². The van der Waals surface area contributed by atoms with Crippen LogP contribution in [0.15, 0.2) is 0 Å². The van der Waals surface area contributed by atoms with Crippen molar-refractivity contribution in [2.24, 2.45) is 0 Å². The summed E-state index contributed by atoms with van der Waals surface area (Å²) in [4.78, 5) is 13.5. The van der Waals surface area contributed by atoms with E-state index in [1.54, 1.807) is 13.8 Å². The number of esters is 1. The van der Waals surface area contributed by atoms with E-state index in [0.717, 1.165) is 15.2 Å². The predicted molar refractivity (Wildman–Crippen MR) is 68.1 cm³/mol. The molecule has 0 aliphatic carbocycles. The lowest BCUT2D eigenvalue weighted by molar-refractivity contribution is -0.537. The predicted octanol–water partition coefficient (Wildman–Crippen LogP) is -0.515. The number of piperazine rings is 3. The fourth-order valence-corrected chi connectivity index (χ4v) is 4.15. The molecule has 4 rings (SSSR count). The molecule has 4 fully saturated rings. The Hall–Kier alpha value is -0.810. The van der Waals surface area contributed by atoms with Crippen molar-refractivity contribution in [1.29, 1.82) is 0 Å². The molecule has 4 aliphatic heterocycles. The highest BCUT2D eigenvalue weighted by molar-refractivity contribution is 5.69. The summed E-state index contributed by atoms with van der Waals surface area (Å²) in [6.45, 7) is 4.69. The van der Waals surface area contributed by atoms with Crippen molar-refractivity contribution < 1.29 is 25.2 Å². The van der Waals surface area contributed by atoms with Gasteiger partial charge in [0.05, 0.1) is 7.11 Å². The van der Waals surface area contributed by atoms with Crippen LogP contribution in [0.1, 0.15) is 26.7 Å². The second-order valence-electron chi connectivity index (χ2n) is 6.57. The van der Waals surface area contributed by atoms with E-state index < -0.39 is 23.0 Å². The van der Waals surface area contributed by atoms with Crippen molar-refractivity contribution in [2.45, 2.75) is 43.7 Å². The third-order valence-electron chi connectivity index (χ3n) is 5.09. The highest BCUT2D eigenvalue weighted by atomic mass is 16.6. The van der Waals surface area contributed by atoms with Crippen LogP contribution in [-0.2, 0) is 9.53 Å². The number of hydroxylamine groups is 6. The third kappa shape index (κ3) is 1.67. The summed E-state index contributed by atoms with van der Waals surface area (Å²) in [6.07, 6.45) is 0.262. The molecular formula is C12H22N4O5. The molecule has 9 nitrogen and oxygen atoms in total. The van der Waals surface area contributed by atoms with Crippen LogP contribution in [0, 0.1) is 0 Å². The highest BCUT2D eigenvalue weighted by Crippen LogP contribution is 2.51. The molecule has 4 heterocycles. The number of ether oxygens (including phenoxy) is 1. The standard InChI is InChI=1S/C12H22N4O5/c1-10-6-13-7-11(2,14(10)18)16(20)12(8-13,15(10)19)5-4-9(17)21-3/h18-20H,4-8H2,1-3H3/t10-,11+,12?. The SMILES string of the molecule is COC(=O)CCC12CN3C[C@@](C)(N1O)N(O)[C@](C)(C3)N2O. The van der Waals surface area contributed by atoms with Crippen molar-refractivity contribution in [2.75, 3.05) is 26.7 Å². The average Bonchev–Trinajstić information content (AvgIpc) is 2.45. The van der Waals surface area contributed by atoms with Gasteiger partial charge in [-0.05, 0) is 20.3 Å². The van der Waals surface area contributed by atoms with Crippen LogP contribution in [0.25, 0.3) is 0 Å². The lowest BCUT2D eigenvalue weighted by Gasteiger charge is -2.74. The number of hydrogen-bond donors (Lipinski definition) is 3. The Bertz CT molecular complexity index is 451. The topological polar surface area (TPSA) is 100.0 Å². The minimum atomic E-state index is -1.15. The van der Waals surface area contributed by atoms with E-state index in [0.29, 0.717) is 19.6 Å². The first-order valence-electron chi connectivity index (χ1n) is 6.97. The van der Waals surface area contributed by atoms with Crippen molar-refractivity contribution in [3.63, 3.8) is 0 Å². The quantitative estimate of drug-likeness (QED) is 0.595. The summed E-state index contributed by atoms with van der Waals surface area (Å²) in [6, 6.07) is 0. The molecule has 4 atom stereocenters. The Morgan fingerprint density at radius 2 is 1.57 bits per heavy atom. The van der Waals surface area contributed by atoms with Gasteiger partial charge < -0.3 is 20.4 Å². The first-order chi connectivity index (χ1) is 9.70. The Kier molecular flexibility index (Phi) is 3.13. The molecule has 3 N–H and O–H groups in total. The van der Waals surface area contributed by atoms with Crippen molar-refractivity contribution in [3.05, 3.63) is 0 Å². The van der Waals surface area contributed by atoms with Crippen LogP contribution in [0.5, 0.6) is 0 Å². The van der Waals surface area contributed by atoms with Crippen LogP contribution in [0.3, 0.4) is 0 Å². The van der Waals surface area contributed by atoms with Gasteiger partial charge in [-0.15, -0.1) is 15.2 Å². The number of hydrogen-bond acceptors (Lipinski definition) is 9. The molecular weight excluding hydrogens is 280 g/mol. The minimum absolute atomic E-state index is 0.0655. The molecule has 4 saturated heterocycles. The third-order valence-corrected chi connectivity index (χ3v) is 5.09. The van der Waals surface area contributed by atoms with Gasteiger partial charge in [-0.25, -0.2) is 0 Å². The molecule has 0 aromatic heterocycles. The lowest BCUT2D eigenvalue weighted by atomic mass is 9.82. The molecule has 4 aliphatic rings. The van der Waals surface area contributed by atoms with Gasteiger partial charge >= 0.3 is 5.97 Å². The minimum Gasteiger partial charge on any atom is -0.469 e. The zero-order valence-electron chi connectivity index (χ0n) is 12.5. The van der Waals surface area contributed by atoms with Crippen molar-refractivity contribution in [1.82, 2.24) is 20.1 Å². The Labute approximate surface area is 122 Å². The Balaban J connectivity index is 1.98. The molecule has 0 saturated carbocycles. The Morgan fingerprint density at radius 1 is 1.05 bits per heavy atom. The summed E-state index contributed by atoms with van der Waals surface area (Å²) < 4.78 is 4.64. The first-order valence-corrected chi connectivity index (χ1v) is 6.97. The normalized spacial score (nSPS) is 47.0. The van der Waals surface area contributed by atoms with Crippen molar-refractivity contribution >= 4 is 5.97 Å². The van der Waals surface area contributed by atoms with Gasteiger partial charge in [-0.3, -0.25) is 9.69 Å². The molecule has 4 bridgehead atoms. The zero-order valence-corrected chi connectivity index (χ0v) is 12.5. The smallest absolute Gasteiger partial charge is 0.305 e. The molecule has 2 unspecified atom stereocenters. The zero-order chi connectivity index (χ0) is 15.6. The van der Waals surface area contributed by atoms with Gasteiger partial charge in [0.15, 0.2) is 0 Å². The number of carbonyl (C=O) groups excluding carboxylic acids is 1. The highest BCUT2D eigenvalue weighted by Gasteiger charge is 2.72. The van der Waals surface area contributed by atoms with E-state index in [1.807, 2.05) is 0 Å². The average molecular weight is 302 g/mol. The van der Waals surface area contributed by atoms with Crippen LogP contribution < -0.4 is 0 Å². The molecule has 0 aromatic rings. The van der Waals surface area contributed by atoms with Gasteiger partial charge in [0.25, 0.3) is 0 Å². The van der Waals surface area contributed by atoms with Crippen molar-refractivity contribution in [3.8, 4) is 0 Å². The van der Waals surface area contributed by atoms with E-state index >= 15 is 0 Å². The van der Waals surface area contributed by atoms with Crippen LogP contribution in [-0.4, -0.2) is 85.4 Å². The molecule has 21 heavy (non-hydrogen) atoms. The summed E-state index contributed by atoms with van der Waals surface area (Å²) >= 11 is 0. The van der Waals surface area contributed by atoms with E-state index in [1.165, 1.54) is 7.11 Å². The maximum absolute atomic E-state index is 11.4. The van der Waals surface area contributed by atoms with E-state index in [4.69, 9.17) is 0 Å². The van der Waals surface area contributed by atoms with E-state index in [2.05, 4.69) is 9.64 Å².